The Labute approximate surface area is 109 Å². The molecule has 0 aromatic heterocycles. The van der Waals surface area contributed by atoms with Crippen LogP contribution in [0.1, 0.15) is 11.1 Å². The maximum Gasteiger partial charge on any atom is 0.416 e. The summed E-state index contributed by atoms with van der Waals surface area (Å²) in [7, 11) is 0. The molecule has 0 bridgehead atoms. The maximum absolute atomic E-state index is 12.9. The van der Waals surface area contributed by atoms with E-state index in [-0.39, 0.29) is 12.0 Å². The number of hydrogen-bond acceptors (Lipinski definition) is 2. The molecule has 0 radical (unpaired) electrons. The van der Waals surface area contributed by atoms with Crippen LogP contribution >= 0.6 is 0 Å². The highest BCUT2D eigenvalue weighted by atomic mass is 19.4. The first-order valence-corrected chi connectivity index (χ1v) is 5.35. The van der Waals surface area contributed by atoms with E-state index in [1.165, 1.54) is 0 Å². The summed E-state index contributed by atoms with van der Waals surface area (Å²) in [4.78, 5) is 10.6. The Morgan fingerprint density at radius 2 is 1.70 bits per heavy atom. The lowest BCUT2D eigenvalue weighted by Gasteiger charge is -2.25. The van der Waals surface area contributed by atoms with Crippen LogP contribution in [0.2, 0.25) is 0 Å². The van der Waals surface area contributed by atoms with E-state index in [0.717, 1.165) is 6.07 Å². The molecule has 8 heteroatoms. The van der Waals surface area contributed by atoms with Gasteiger partial charge in [0.15, 0.2) is 0 Å². The molecule has 1 aromatic rings. The van der Waals surface area contributed by atoms with Crippen LogP contribution < -0.4 is 5.32 Å². The molecule has 1 heterocycles. The van der Waals surface area contributed by atoms with Gasteiger partial charge in [-0.3, -0.25) is 0 Å². The Bertz CT molecular complexity index is 572. The first-order chi connectivity index (χ1) is 9.13. The molecule has 0 fully saturated rings. The number of halogens is 6. The number of fused-ring (bicyclic) bond motifs is 1. The Kier molecular flexibility index (Phi) is 3.27. The van der Waals surface area contributed by atoms with Gasteiger partial charge in [0.2, 0.25) is 0 Å². The Hall–Kier alpha value is -1.99. The lowest BCUT2D eigenvalue weighted by atomic mass is 9.95. The summed E-state index contributed by atoms with van der Waals surface area (Å²) in [5.41, 5.74) is -3.22. The molecule has 0 amide bonds. The first-order valence-electron chi connectivity index (χ1n) is 5.35. The minimum Gasteiger partial charge on any atom is -0.372 e. The Morgan fingerprint density at radius 1 is 1.05 bits per heavy atom. The topological polar surface area (TPSA) is 29.1 Å². The summed E-state index contributed by atoms with van der Waals surface area (Å²) in [6.45, 7) is 0. The fourth-order valence-corrected chi connectivity index (χ4v) is 1.88. The molecule has 1 aliphatic rings. The second kappa shape index (κ2) is 4.53. The van der Waals surface area contributed by atoms with E-state index < -0.39 is 35.1 Å². The quantitative estimate of drug-likeness (QED) is 0.633. The third-order valence-corrected chi connectivity index (χ3v) is 2.76. The van der Waals surface area contributed by atoms with Crippen molar-refractivity contribution in [1.82, 2.24) is 0 Å². The lowest BCUT2D eigenvalue weighted by molar-refractivity contribution is -0.137. The van der Waals surface area contributed by atoms with E-state index >= 15 is 0 Å². The summed E-state index contributed by atoms with van der Waals surface area (Å²) < 4.78 is 76.2. The molecule has 1 N–H and O–H groups in total. The van der Waals surface area contributed by atoms with Crippen LogP contribution in [0, 0.1) is 0 Å². The number of anilines is 1. The fraction of sp³-hybridized carbons (Fsp3) is 0.250. The van der Waals surface area contributed by atoms with Crippen LogP contribution in [-0.2, 0) is 11.0 Å². The maximum atomic E-state index is 12.9. The van der Waals surface area contributed by atoms with Gasteiger partial charge in [0.05, 0.1) is 11.1 Å². The number of alkyl halides is 6. The second-order valence-corrected chi connectivity index (χ2v) is 4.14. The molecule has 20 heavy (non-hydrogen) atoms. The molecular formula is C12H7F6NO. The molecule has 0 spiro atoms. The monoisotopic (exact) mass is 295 g/mol. The van der Waals surface area contributed by atoms with Gasteiger partial charge in [0, 0.05) is 11.3 Å². The minimum atomic E-state index is -4.84. The van der Waals surface area contributed by atoms with Crippen LogP contribution in [0.5, 0.6) is 0 Å². The van der Waals surface area contributed by atoms with Gasteiger partial charge < -0.3 is 10.1 Å². The van der Waals surface area contributed by atoms with Crippen LogP contribution in [0.3, 0.4) is 0 Å². The largest absolute Gasteiger partial charge is 0.416 e. The van der Waals surface area contributed by atoms with Crippen molar-refractivity contribution in [3.8, 4) is 0 Å². The molecule has 1 atom stereocenters. The van der Waals surface area contributed by atoms with Gasteiger partial charge in [0.25, 0.3) is 0 Å². The standard InChI is InChI=1S/C12H7F6NO/c13-11(14,15)6-1-2-10-8(3-6)9(12(16,17)18)4-7(5-20)19-10/h1-5,7,19H. The van der Waals surface area contributed by atoms with Gasteiger partial charge >= 0.3 is 12.4 Å². The number of carbonyl (C=O) groups excluding carboxylic acids is 1. The third-order valence-electron chi connectivity index (χ3n) is 2.76. The summed E-state index contributed by atoms with van der Waals surface area (Å²) in [5.74, 6) is 0. The van der Waals surface area contributed by atoms with Crippen molar-refractivity contribution >= 4 is 17.5 Å². The molecule has 2 rings (SSSR count). The Morgan fingerprint density at radius 3 is 2.20 bits per heavy atom. The van der Waals surface area contributed by atoms with Crippen molar-refractivity contribution < 1.29 is 31.1 Å². The highest BCUT2D eigenvalue weighted by Crippen LogP contribution is 2.42. The number of benzene rings is 1. The Balaban J connectivity index is 2.60. The van der Waals surface area contributed by atoms with E-state index in [9.17, 15) is 31.1 Å². The van der Waals surface area contributed by atoms with E-state index in [1.807, 2.05) is 0 Å². The number of rotatable bonds is 1. The summed E-state index contributed by atoms with van der Waals surface area (Å²) >= 11 is 0. The molecule has 0 saturated carbocycles. The second-order valence-electron chi connectivity index (χ2n) is 4.14. The molecule has 2 nitrogen and oxygen atoms in total. The van der Waals surface area contributed by atoms with Gasteiger partial charge in [-0.05, 0) is 24.3 Å². The first kappa shape index (κ1) is 14.4. The average molecular weight is 295 g/mol. The molecule has 1 aromatic carbocycles. The minimum absolute atomic E-state index is 0.162. The summed E-state index contributed by atoms with van der Waals surface area (Å²) in [6, 6.07) is 0.735. The highest BCUT2D eigenvalue weighted by Gasteiger charge is 2.40. The van der Waals surface area contributed by atoms with E-state index in [4.69, 9.17) is 0 Å². The van der Waals surface area contributed by atoms with Crippen LogP contribution in [0.15, 0.2) is 24.3 Å². The average Bonchev–Trinajstić information content (AvgIpc) is 2.34. The normalized spacial score (nSPS) is 18.9. The zero-order chi connectivity index (χ0) is 15.1. The van der Waals surface area contributed by atoms with Crippen LogP contribution in [0.25, 0.3) is 5.57 Å². The number of hydrogen-bond donors (Lipinski definition) is 1. The van der Waals surface area contributed by atoms with Crippen molar-refractivity contribution in [2.24, 2.45) is 0 Å². The van der Waals surface area contributed by atoms with Crippen molar-refractivity contribution in [3.05, 3.63) is 35.4 Å². The molecule has 0 aliphatic carbocycles. The van der Waals surface area contributed by atoms with E-state index in [0.29, 0.717) is 18.2 Å². The number of nitrogens with one attached hydrogen (secondary N) is 1. The molecule has 1 aliphatic heterocycles. The van der Waals surface area contributed by atoms with Crippen molar-refractivity contribution in [1.29, 1.82) is 0 Å². The van der Waals surface area contributed by atoms with Gasteiger partial charge in [-0.25, -0.2) is 0 Å². The van der Waals surface area contributed by atoms with E-state index in [2.05, 4.69) is 5.32 Å². The van der Waals surface area contributed by atoms with Crippen molar-refractivity contribution in [2.75, 3.05) is 5.32 Å². The van der Waals surface area contributed by atoms with Gasteiger partial charge in [-0.15, -0.1) is 0 Å². The van der Waals surface area contributed by atoms with Crippen molar-refractivity contribution in [2.45, 2.75) is 18.4 Å². The van der Waals surface area contributed by atoms with E-state index in [1.54, 1.807) is 0 Å². The molecule has 1 unspecified atom stereocenters. The summed E-state index contributed by atoms with van der Waals surface area (Å²) in [5, 5.41) is 2.42. The number of aldehydes is 1. The SMILES string of the molecule is O=CC1C=C(C(F)(F)F)c2cc(C(F)(F)F)ccc2N1. The number of allylic oxidation sites excluding steroid dienone is 1. The molecular weight excluding hydrogens is 288 g/mol. The predicted molar refractivity (Wildman–Crippen MR) is 59.0 cm³/mol. The molecule has 108 valence electrons. The third kappa shape index (κ3) is 2.63. The van der Waals surface area contributed by atoms with Crippen LogP contribution in [-0.4, -0.2) is 18.5 Å². The van der Waals surface area contributed by atoms with Crippen LogP contribution in [0.4, 0.5) is 32.0 Å². The zero-order valence-electron chi connectivity index (χ0n) is 9.64. The smallest absolute Gasteiger partial charge is 0.372 e. The number of carbonyl (C=O) groups is 1. The highest BCUT2D eigenvalue weighted by molar-refractivity contribution is 5.87. The van der Waals surface area contributed by atoms with Crippen molar-refractivity contribution in [3.63, 3.8) is 0 Å². The molecule has 0 saturated heterocycles. The van der Waals surface area contributed by atoms with Gasteiger partial charge in [-0.2, -0.15) is 26.3 Å². The predicted octanol–water partition coefficient (Wildman–Crippen LogP) is 3.64. The fourth-order valence-electron chi connectivity index (χ4n) is 1.88. The lowest BCUT2D eigenvalue weighted by Crippen LogP contribution is -2.27. The summed E-state index contributed by atoms with van der Waals surface area (Å²) in [6.07, 6.45) is -8.78. The van der Waals surface area contributed by atoms with Gasteiger partial charge in [-0.1, -0.05) is 0 Å². The zero-order valence-corrected chi connectivity index (χ0v) is 9.64. The van der Waals surface area contributed by atoms with Gasteiger partial charge in [0.1, 0.15) is 12.3 Å².